The molecule has 25 heavy (non-hydrogen) atoms. The van der Waals surface area contributed by atoms with Crippen LogP contribution in [0.5, 0.6) is 0 Å². The normalized spacial score (nSPS) is 17.8. The summed E-state index contributed by atoms with van der Waals surface area (Å²) in [5.74, 6) is -1.27. The van der Waals surface area contributed by atoms with E-state index in [1.807, 2.05) is 13.8 Å². The van der Waals surface area contributed by atoms with Crippen LogP contribution in [0, 0.1) is 13.8 Å². The first-order chi connectivity index (χ1) is 11.9. The van der Waals surface area contributed by atoms with Gasteiger partial charge in [0.1, 0.15) is 4.83 Å². The van der Waals surface area contributed by atoms with Crippen LogP contribution in [0.1, 0.15) is 16.9 Å². The quantitative estimate of drug-likeness (QED) is 0.859. The van der Waals surface area contributed by atoms with Crippen molar-refractivity contribution in [1.29, 1.82) is 0 Å². The maximum atomic E-state index is 12.6. The predicted molar refractivity (Wildman–Crippen MR) is 91.9 cm³/mol. The molecule has 1 atom stereocenters. The van der Waals surface area contributed by atoms with Gasteiger partial charge in [-0.05, 0) is 19.4 Å². The molecule has 0 bridgehead atoms. The number of fused-ring (bicyclic) bond motifs is 1. The molecule has 3 heterocycles. The molecule has 9 heteroatoms. The van der Waals surface area contributed by atoms with Crippen molar-refractivity contribution in [2.24, 2.45) is 0 Å². The number of nitrogens with zero attached hydrogens (tertiary/aromatic N) is 3. The van der Waals surface area contributed by atoms with Crippen molar-refractivity contribution in [3.8, 4) is 0 Å². The number of carbonyl (C=O) groups is 2. The highest BCUT2D eigenvalue weighted by atomic mass is 32.1. The van der Waals surface area contributed by atoms with Gasteiger partial charge in [0, 0.05) is 24.4 Å². The summed E-state index contributed by atoms with van der Waals surface area (Å²) >= 11 is 1.48. The highest BCUT2D eigenvalue weighted by molar-refractivity contribution is 7.18. The minimum absolute atomic E-state index is 0.0309. The lowest BCUT2D eigenvalue weighted by Gasteiger charge is -2.31. The zero-order chi connectivity index (χ0) is 18.1. The van der Waals surface area contributed by atoms with Crippen LogP contribution in [0.15, 0.2) is 11.1 Å². The van der Waals surface area contributed by atoms with Crippen molar-refractivity contribution in [2.45, 2.75) is 32.9 Å². The van der Waals surface area contributed by atoms with Crippen LogP contribution in [-0.2, 0) is 20.9 Å². The smallest absolute Gasteiger partial charge is 0.334 e. The molecule has 0 radical (unpaired) electrons. The number of carbonyl (C=O) groups excluding carboxylic acids is 1. The van der Waals surface area contributed by atoms with Crippen molar-refractivity contribution >= 4 is 33.4 Å². The number of rotatable bonds is 4. The van der Waals surface area contributed by atoms with Crippen molar-refractivity contribution in [3.05, 3.63) is 27.1 Å². The molecule has 2 aromatic rings. The lowest BCUT2D eigenvalue weighted by molar-refractivity contribution is -0.159. The number of aliphatic carboxylic acids is 1. The minimum atomic E-state index is -1.08. The summed E-state index contributed by atoms with van der Waals surface area (Å²) in [6, 6.07) is 0. The van der Waals surface area contributed by atoms with Crippen molar-refractivity contribution in [2.75, 3.05) is 19.7 Å². The standard InChI is InChI=1S/C16H19N3O5S/c1-9-10(2)25-14-13(9)15(21)19(8-17-14)4-3-12(20)18-5-6-24-11(7-18)16(22)23/h8,11H,3-7H2,1-2H3,(H,22,23)/t11-/m1/s1. The van der Waals surface area contributed by atoms with Gasteiger partial charge < -0.3 is 14.7 Å². The molecule has 1 amide bonds. The number of hydrogen-bond acceptors (Lipinski definition) is 6. The highest BCUT2D eigenvalue weighted by Gasteiger charge is 2.28. The number of thiophene rings is 1. The molecule has 8 nitrogen and oxygen atoms in total. The molecule has 0 saturated carbocycles. The number of hydrogen-bond donors (Lipinski definition) is 1. The Hall–Kier alpha value is -2.26. The number of aryl methyl sites for hydroxylation is 3. The minimum Gasteiger partial charge on any atom is -0.479 e. The first-order valence-electron chi connectivity index (χ1n) is 7.95. The van der Waals surface area contributed by atoms with Gasteiger partial charge >= 0.3 is 5.97 Å². The fourth-order valence-electron chi connectivity index (χ4n) is 2.83. The lowest BCUT2D eigenvalue weighted by Crippen LogP contribution is -2.48. The second-order valence-corrected chi connectivity index (χ2v) is 7.20. The summed E-state index contributed by atoms with van der Waals surface area (Å²) in [6.45, 7) is 4.65. The molecule has 0 aliphatic carbocycles. The third-order valence-corrected chi connectivity index (χ3v) is 5.53. The van der Waals surface area contributed by atoms with Crippen LogP contribution >= 0.6 is 11.3 Å². The largest absolute Gasteiger partial charge is 0.479 e. The molecular formula is C16H19N3O5S. The number of morpholine rings is 1. The molecular weight excluding hydrogens is 346 g/mol. The van der Waals surface area contributed by atoms with Crippen LogP contribution in [-0.4, -0.2) is 57.2 Å². The Balaban J connectivity index is 1.71. The number of aromatic nitrogens is 2. The van der Waals surface area contributed by atoms with E-state index in [-0.39, 0.29) is 37.6 Å². The van der Waals surface area contributed by atoms with Gasteiger partial charge in [0.25, 0.3) is 5.56 Å². The van der Waals surface area contributed by atoms with E-state index in [0.717, 1.165) is 10.4 Å². The highest BCUT2D eigenvalue weighted by Crippen LogP contribution is 2.25. The van der Waals surface area contributed by atoms with E-state index in [1.54, 1.807) is 0 Å². The van der Waals surface area contributed by atoms with Gasteiger partial charge in [-0.2, -0.15) is 0 Å². The third kappa shape index (κ3) is 3.42. The summed E-state index contributed by atoms with van der Waals surface area (Å²) < 4.78 is 6.55. The van der Waals surface area contributed by atoms with Gasteiger partial charge in [-0.25, -0.2) is 9.78 Å². The average Bonchev–Trinajstić information content (AvgIpc) is 2.89. The van der Waals surface area contributed by atoms with E-state index < -0.39 is 12.1 Å². The van der Waals surface area contributed by atoms with Crippen LogP contribution in [0.25, 0.3) is 10.2 Å². The predicted octanol–water partition coefficient (Wildman–Crippen LogP) is 0.777. The van der Waals surface area contributed by atoms with Gasteiger partial charge in [-0.3, -0.25) is 14.2 Å². The average molecular weight is 365 g/mol. The maximum Gasteiger partial charge on any atom is 0.334 e. The molecule has 1 fully saturated rings. The van der Waals surface area contributed by atoms with Gasteiger partial charge in [0.2, 0.25) is 5.91 Å². The maximum absolute atomic E-state index is 12.6. The van der Waals surface area contributed by atoms with E-state index in [1.165, 1.54) is 27.1 Å². The summed E-state index contributed by atoms with van der Waals surface area (Å²) in [5.41, 5.74) is 0.778. The summed E-state index contributed by atoms with van der Waals surface area (Å²) in [4.78, 5) is 43.5. The number of carboxylic acids is 1. The Morgan fingerprint density at radius 2 is 2.20 bits per heavy atom. The fraction of sp³-hybridized carbons (Fsp3) is 0.500. The molecule has 1 N–H and O–H groups in total. The van der Waals surface area contributed by atoms with E-state index in [0.29, 0.717) is 16.8 Å². The molecule has 2 aromatic heterocycles. The van der Waals surface area contributed by atoms with E-state index >= 15 is 0 Å². The van der Waals surface area contributed by atoms with Gasteiger partial charge in [0.05, 0.1) is 24.9 Å². The van der Waals surface area contributed by atoms with E-state index in [2.05, 4.69) is 4.98 Å². The number of ether oxygens (including phenoxy) is 1. The van der Waals surface area contributed by atoms with Gasteiger partial charge in [-0.15, -0.1) is 11.3 Å². The van der Waals surface area contributed by atoms with Gasteiger partial charge in [-0.1, -0.05) is 0 Å². The first-order valence-corrected chi connectivity index (χ1v) is 8.77. The summed E-state index contributed by atoms with van der Waals surface area (Å²) in [7, 11) is 0. The van der Waals surface area contributed by atoms with Crippen LogP contribution in [0.3, 0.4) is 0 Å². The van der Waals surface area contributed by atoms with Crippen molar-refractivity contribution in [1.82, 2.24) is 14.5 Å². The van der Waals surface area contributed by atoms with Crippen molar-refractivity contribution in [3.63, 3.8) is 0 Å². The van der Waals surface area contributed by atoms with Crippen LogP contribution in [0.2, 0.25) is 0 Å². The van der Waals surface area contributed by atoms with Crippen LogP contribution < -0.4 is 5.56 Å². The fourth-order valence-corrected chi connectivity index (χ4v) is 3.82. The van der Waals surface area contributed by atoms with E-state index in [4.69, 9.17) is 9.84 Å². The molecule has 134 valence electrons. The Morgan fingerprint density at radius 1 is 1.44 bits per heavy atom. The second-order valence-electron chi connectivity index (χ2n) is 5.99. The lowest BCUT2D eigenvalue weighted by atomic mass is 10.2. The SMILES string of the molecule is Cc1sc2ncn(CCC(=O)N3CCO[C@@H](C(=O)O)C3)c(=O)c2c1C. The third-order valence-electron chi connectivity index (χ3n) is 4.42. The summed E-state index contributed by atoms with van der Waals surface area (Å²) in [6.07, 6.45) is 0.587. The Kier molecular flexibility index (Phi) is 4.87. The first kappa shape index (κ1) is 17.6. The Labute approximate surface area is 147 Å². The molecule has 1 saturated heterocycles. The monoisotopic (exact) mass is 365 g/mol. The second kappa shape index (κ2) is 6.93. The molecule has 1 aliphatic heterocycles. The molecule has 3 rings (SSSR count). The zero-order valence-electron chi connectivity index (χ0n) is 14.0. The number of carboxylic acid groups (broad SMARTS) is 1. The van der Waals surface area contributed by atoms with Crippen molar-refractivity contribution < 1.29 is 19.4 Å². The molecule has 0 aromatic carbocycles. The number of amides is 1. The Morgan fingerprint density at radius 3 is 2.92 bits per heavy atom. The Bertz CT molecular complexity index is 888. The van der Waals surface area contributed by atoms with Crippen LogP contribution in [0.4, 0.5) is 0 Å². The zero-order valence-corrected chi connectivity index (χ0v) is 14.8. The molecule has 0 spiro atoms. The molecule has 0 unspecified atom stereocenters. The molecule has 1 aliphatic rings. The van der Waals surface area contributed by atoms with Gasteiger partial charge in [0.15, 0.2) is 6.10 Å². The topological polar surface area (TPSA) is 102 Å². The van der Waals surface area contributed by atoms with E-state index in [9.17, 15) is 14.4 Å². The summed E-state index contributed by atoms with van der Waals surface area (Å²) in [5, 5.41) is 9.60.